The summed E-state index contributed by atoms with van der Waals surface area (Å²) in [4.78, 5) is 37.4. The van der Waals surface area contributed by atoms with Gasteiger partial charge < -0.3 is 14.2 Å². The standard InChI is InChI=1S/C47H90O6/c1-6-7-8-25-32-37-45(48)51-40-44(53-47(50)39-34-29-24-20-19-22-27-31-36-43(4)5)41-52-46(49)38-33-28-23-18-16-14-12-10-9-11-13-15-17-21-26-30-35-42(2)3/h42-44H,6-41H2,1-5H3/t44-/m0/s1. The lowest BCUT2D eigenvalue weighted by atomic mass is 10.0. The quantitative estimate of drug-likeness (QED) is 0.0352. The van der Waals surface area contributed by atoms with Crippen LogP contribution in [0.5, 0.6) is 0 Å². The number of hydrogen-bond donors (Lipinski definition) is 0. The summed E-state index contributed by atoms with van der Waals surface area (Å²) in [5.41, 5.74) is 0. The maximum Gasteiger partial charge on any atom is 0.306 e. The van der Waals surface area contributed by atoms with Gasteiger partial charge in [-0.15, -0.1) is 0 Å². The van der Waals surface area contributed by atoms with Crippen molar-refractivity contribution in [3.8, 4) is 0 Å². The molecule has 0 unspecified atom stereocenters. The van der Waals surface area contributed by atoms with Crippen molar-refractivity contribution in [2.24, 2.45) is 11.8 Å². The van der Waals surface area contributed by atoms with E-state index in [-0.39, 0.29) is 31.1 Å². The Bertz CT molecular complexity index is 809. The molecule has 0 aliphatic heterocycles. The van der Waals surface area contributed by atoms with E-state index in [9.17, 15) is 14.4 Å². The number of esters is 3. The van der Waals surface area contributed by atoms with Gasteiger partial charge in [-0.05, 0) is 31.1 Å². The Hall–Kier alpha value is -1.59. The van der Waals surface area contributed by atoms with E-state index < -0.39 is 6.10 Å². The minimum Gasteiger partial charge on any atom is -0.462 e. The number of carbonyl (C=O) groups is 3. The Morgan fingerprint density at radius 1 is 0.358 bits per heavy atom. The van der Waals surface area contributed by atoms with E-state index in [4.69, 9.17) is 14.2 Å². The van der Waals surface area contributed by atoms with Crippen molar-refractivity contribution >= 4 is 17.9 Å². The molecule has 0 aromatic rings. The van der Waals surface area contributed by atoms with Gasteiger partial charge in [-0.25, -0.2) is 0 Å². The molecule has 6 heteroatoms. The van der Waals surface area contributed by atoms with E-state index in [0.29, 0.717) is 19.3 Å². The lowest BCUT2D eigenvalue weighted by Crippen LogP contribution is -2.30. The van der Waals surface area contributed by atoms with E-state index >= 15 is 0 Å². The number of rotatable bonds is 41. The van der Waals surface area contributed by atoms with Gasteiger partial charge in [0.05, 0.1) is 0 Å². The Labute approximate surface area is 329 Å². The largest absolute Gasteiger partial charge is 0.462 e. The van der Waals surface area contributed by atoms with Gasteiger partial charge in [-0.3, -0.25) is 14.4 Å². The summed E-state index contributed by atoms with van der Waals surface area (Å²) in [5.74, 6) is 0.775. The van der Waals surface area contributed by atoms with Crippen LogP contribution in [0.1, 0.15) is 253 Å². The van der Waals surface area contributed by atoms with E-state index in [2.05, 4.69) is 34.6 Å². The first kappa shape index (κ1) is 51.4. The molecule has 0 heterocycles. The predicted octanol–water partition coefficient (Wildman–Crippen LogP) is 14.6. The molecule has 0 rings (SSSR count). The minimum atomic E-state index is -0.759. The second-order valence-corrected chi connectivity index (χ2v) is 17.0. The maximum atomic E-state index is 12.6. The summed E-state index contributed by atoms with van der Waals surface area (Å²) in [6.07, 6.45) is 38.4. The SMILES string of the molecule is CCCCCCCC(=O)OC[C@@H](COC(=O)CCCCCCCCCCCCCCCCCCC(C)C)OC(=O)CCCCCCCCCCC(C)C. The molecule has 0 amide bonds. The summed E-state index contributed by atoms with van der Waals surface area (Å²) in [6.45, 7) is 11.2. The zero-order valence-corrected chi connectivity index (χ0v) is 36.1. The minimum absolute atomic E-state index is 0.0659. The molecule has 0 saturated heterocycles. The van der Waals surface area contributed by atoms with E-state index in [0.717, 1.165) is 76.0 Å². The van der Waals surface area contributed by atoms with E-state index in [1.807, 2.05) is 0 Å². The van der Waals surface area contributed by atoms with Crippen LogP contribution < -0.4 is 0 Å². The summed E-state index contributed by atoms with van der Waals surface area (Å²) in [5, 5.41) is 0. The molecule has 0 aromatic carbocycles. The molecule has 0 aromatic heterocycles. The molecule has 0 saturated carbocycles. The Morgan fingerprint density at radius 2 is 0.623 bits per heavy atom. The van der Waals surface area contributed by atoms with Crippen LogP contribution >= 0.6 is 0 Å². The van der Waals surface area contributed by atoms with Crippen molar-refractivity contribution in [2.75, 3.05) is 13.2 Å². The number of unbranched alkanes of at least 4 members (excludes halogenated alkanes) is 26. The summed E-state index contributed by atoms with van der Waals surface area (Å²) >= 11 is 0. The van der Waals surface area contributed by atoms with Crippen LogP contribution in [0.25, 0.3) is 0 Å². The molecule has 0 fully saturated rings. The average molecular weight is 751 g/mol. The maximum absolute atomic E-state index is 12.6. The highest BCUT2D eigenvalue weighted by molar-refractivity contribution is 5.71. The van der Waals surface area contributed by atoms with Crippen LogP contribution in [-0.4, -0.2) is 37.2 Å². The van der Waals surface area contributed by atoms with Crippen LogP contribution in [0.3, 0.4) is 0 Å². The molecular formula is C47H90O6. The predicted molar refractivity (Wildman–Crippen MR) is 224 cm³/mol. The molecule has 0 bridgehead atoms. The van der Waals surface area contributed by atoms with Gasteiger partial charge in [-0.2, -0.15) is 0 Å². The lowest BCUT2D eigenvalue weighted by Gasteiger charge is -2.18. The molecule has 314 valence electrons. The molecular weight excluding hydrogens is 661 g/mol. The van der Waals surface area contributed by atoms with Gasteiger partial charge in [-0.1, -0.05) is 214 Å². The van der Waals surface area contributed by atoms with Gasteiger partial charge in [0, 0.05) is 19.3 Å². The number of ether oxygens (including phenoxy) is 3. The highest BCUT2D eigenvalue weighted by Gasteiger charge is 2.19. The van der Waals surface area contributed by atoms with Crippen molar-refractivity contribution in [3.63, 3.8) is 0 Å². The zero-order valence-electron chi connectivity index (χ0n) is 36.1. The lowest BCUT2D eigenvalue weighted by molar-refractivity contribution is -0.167. The molecule has 0 spiro atoms. The first-order valence-corrected chi connectivity index (χ1v) is 23.2. The Kier molecular flexibility index (Phi) is 38.9. The third-order valence-corrected chi connectivity index (χ3v) is 10.5. The van der Waals surface area contributed by atoms with Crippen molar-refractivity contribution in [1.29, 1.82) is 0 Å². The second-order valence-electron chi connectivity index (χ2n) is 17.0. The third kappa shape index (κ3) is 41.4. The number of hydrogen-bond acceptors (Lipinski definition) is 6. The second kappa shape index (κ2) is 40.1. The van der Waals surface area contributed by atoms with Crippen LogP contribution in [0.4, 0.5) is 0 Å². The summed E-state index contributed by atoms with van der Waals surface area (Å²) in [7, 11) is 0. The highest BCUT2D eigenvalue weighted by Crippen LogP contribution is 2.17. The molecule has 0 N–H and O–H groups in total. The van der Waals surface area contributed by atoms with Crippen LogP contribution in [-0.2, 0) is 28.6 Å². The molecule has 1 atom stereocenters. The first-order chi connectivity index (χ1) is 25.7. The normalized spacial score (nSPS) is 12.1. The van der Waals surface area contributed by atoms with Crippen LogP contribution in [0, 0.1) is 11.8 Å². The van der Waals surface area contributed by atoms with Crippen LogP contribution in [0.2, 0.25) is 0 Å². The molecule has 53 heavy (non-hydrogen) atoms. The average Bonchev–Trinajstić information content (AvgIpc) is 3.12. The first-order valence-electron chi connectivity index (χ1n) is 23.2. The van der Waals surface area contributed by atoms with Gasteiger partial charge in [0.2, 0.25) is 0 Å². The molecule has 0 aliphatic rings. The fraction of sp³-hybridized carbons (Fsp3) is 0.936. The van der Waals surface area contributed by atoms with Gasteiger partial charge in [0.1, 0.15) is 13.2 Å². The van der Waals surface area contributed by atoms with Crippen molar-refractivity contribution in [1.82, 2.24) is 0 Å². The van der Waals surface area contributed by atoms with Gasteiger partial charge in [0.15, 0.2) is 6.10 Å². The molecule has 0 aliphatic carbocycles. The fourth-order valence-electron chi connectivity index (χ4n) is 6.93. The topological polar surface area (TPSA) is 78.9 Å². The highest BCUT2D eigenvalue weighted by atomic mass is 16.6. The molecule has 0 radical (unpaired) electrons. The summed E-state index contributed by atoms with van der Waals surface area (Å²) in [6, 6.07) is 0. The third-order valence-electron chi connectivity index (χ3n) is 10.5. The van der Waals surface area contributed by atoms with Crippen molar-refractivity contribution in [3.05, 3.63) is 0 Å². The van der Waals surface area contributed by atoms with Gasteiger partial charge >= 0.3 is 17.9 Å². The zero-order chi connectivity index (χ0) is 39.0. The number of carbonyl (C=O) groups excluding carboxylic acids is 3. The van der Waals surface area contributed by atoms with Gasteiger partial charge in [0.25, 0.3) is 0 Å². The molecule has 6 nitrogen and oxygen atoms in total. The Morgan fingerprint density at radius 3 is 0.925 bits per heavy atom. The van der Waals surface area contributed by atoms with E-state index in [1.165, 1.54) is 135 Å². The summed E-state index contributed by atoms with van der Waals surface area (Å²) < 4.78 is 16.6. The van der Waals surface area contributed by atoms with Crippen molar-refractivity contribution in [2.45, 2.75) is 259 Å². The fourth-order valence-corrected chi connectivity index (χ4v) is 6.93. The Balaban J connectivity index is 4.10. The van der Waals surface area contributed by atoms with Crippen molar-refractivity contribution < 1.29 is 28.6 Å². The van der Waals surface area contributed by atoms with E-state index in [1.54, 1.807) is 0 Å². The smallest absolute Gasteiger partial charge is 0.306 e. The monoisotopic (exact) mass is 751 g/mol. The van der Waals surface area contributed by atoms with Crippen LogP contribution in [0.15, 0.2) is 0 Å².